The Hall–Kier alpha value is -1.23. The normalized spacial score (nSPS) is 54.7. The molecule has 0 aromatic heterocycles. The smallest absolute Gasteiger partial charge is 0.314 e. The third kappa shape index (κ3) is 5.04. The average Bonchev–Trinajstić information content (AvgIpc) is 3.20. The van der Waals surface area contributed by atoms with Gasteiger partial charge in [0.1, 0.15) is 48.8 Å². The first-order valence-corrected chi connectivity index (χ1v) is 16.3. The number of rotatable bonds is 6. The molecule has 4 aliphatic carbocycles. The lowest BCUT2D eigenvalue weighted by atomic mass is 9.41. The van der Waals surface area contributed by atoms with E-state index in [1.54, 1.807) is 0 Å². The number of ether oxygens (including phenoxy) is 4. The van der Waals surface area contributed by atoms with Crippen molar-refractivity contribution in [2.24, 2.45) is 28.1 Å². The van der Waals surface area contributed by atoms with Crippen LogP contribution < -0.4 is 0 Å². The number of aliphatic hydroxyl groups is 8. The van der Waals surface area contributed by atoms with Gasteiger partial charge in [0.15, 0.2) is 6.29 Å². The molecule has 2 heterocycles. The van der Waals surface area contributed by atoms with Crippen LogP contribution in [0.1, 0.15) is 71.6 Å². The monoisotopic (exact) mass is 642 g/mol. The van der Waals surface area contributed by atoms with Crippen molar-refractivity contribution >= 4 is 5.97 Å². The fourth-order valence-corrected chi connectivity index (χ4v) is 10.5. The van der Waals surface area contributed by atoms with Gasteiger partial charge in [0.25, 0.3) is 0 Å². The highest BCUT2D eigenvalue weighted by molar-refractivity contribution is 5.77. The van der Waals surface area contributed by atoms with E-state index in [-0.39, 0.29) is 22.7 Å². The van der Waals surface area contributed by atoms with Crippen molar-refractivity contribution in [3.05, 3.63) is 12.2 Å². The van der Waals surface area contributed by atoms with Crippen molar-refractivity contribution in [1.82, 2.24) is 0 Å². The fraction of sp³-hybridized carbons (Fsp3) is 0.906. The lowest BCUT2D eigenvalue weighted by molar-refractivity contribution is -0.327. The second-order valence-electron chi connectivity index (χ2n) is 15.2. The van der Waals surface area contributed by atoms with Crippen LogP contribution in [0.25, 0.3) is 0 Å². The molecule has 256 valence electrons. The van der Waals surface area contributed by atoms with Crippen molar-refractivity contribution in [1.29, 1.82) is 0 Å². The minimum Gasteiger partial charge on any atom is -0.432 e. The molecule has 2 aliphatic heterocycles. The predicted octanol–water partition coefficient (Wildman–Crippen LogP) is -0.762. The Balaban J connectivity index is 1.20. The van der Waals surface area contributed by atoms with Crippen LogP contribution in [0.4, 0.5) is 0 Å². The van der Waals surface area contributed by atoms with E-state index >= 15 is 0 Å². The Labute approximate surface area is 262 Å². The minimum atomic E-state index is -1.67. The van der Waals surface area contributed by atoms with Gasteiger partial charge in [-0.05, 0) is 86.5 Å². The van der Waals surface area contributed by atoms with Gasteiger partial charge >= 0.3 is 5.97 Å². The molecule has 8 N–H and O–H groups in total. The first kappa shape index (κ1) is 33.7. The highest BCUT2D eigenvalue weighted by Gasteiger charge is 2.69. The molecule has 16 atom stereocenters. The molecule has 4 unspecified atom stereocenters. The number of hydrogen-bond acceptors (Lipinski definition) is 13. The van der Waals surface area contributed by atoms with Crippen molar-refractivity contribution in [2.75, 3.05) is 13.2 Å². The molecule has 2 bridgehead atoms. The summed E-state index contributed by atoms with van der Waals surface area (Å²) in [7, 11) is 0. The van der Waals surface area contributed by atoms with E-state index in [4.69, 9.17) is 18.9 Å². The van der Waals surface area contributed by atoms with Crippen molar-refractivity contribution in [2.45, 2.75) is 139 Å². The molecule has 2 saturated heterocycles. The summed E-state index contributed by atoms with van der Waals surface area (Å²) in [4.78, 5) is 13.9. The number of fused-ring (bicyclic) bond motifs is 3. The molecular formula is C32H50O13. The van der Waals surface area contributed by atoms with Crippen LogP contribution in [-0.2, 0) is 23.7 Å². The molecular weight excluding hydrogens is 592 g/mol. The van der Waals surface area contributed by atoms with Crippen LogP contribution in [0.15, 0.2) is 12.2 Å². The first-order chi connectivity index (χ1) is 21.2. The van der Waals surface area contributed by atoms with Gasteiger partial charge < -0.3 is 59.8 Å². The maximum absolute atomic E-state index is 13.9. The summed E-state index contributed by atoms with van der Waals surface area (Å²) in [6.07, 6.45) is -7.82. The van der Waals surface area contributed by atoms with E-state index in [0.717, 1.165) is 37.7 Å². The Morgan fingerprint density at radius 3 is 2.00 bits per heavy atom. The summed E-state index contributed by atoms with van der Waals surface area (Å²) in [6.45, 7) is 7.41. The van der Waals surface area contributed by atoms with Crippen LogP contribution in [0.5, 0.6) is 0 Å². The SMILES string of the molecule is C=C1C[C@@]23CC[C@H]4[C@@](C)(CCC[C@@]4(C)C(=O)O[C@@H]4OC(CO)[C@@H](O)[C@H](O)C4O)[C@@H]2CC[C@]1(O[C@@H]1O[C@H](CO)C(O)C(O)[C@H]1O)C3. The number of hydrogen-bond donors (Lipinski definition) is 8. The van der Waals surface area contributed by atoms with E-state index < -0.39 is 91.6 Å². The molecule has 13 heteroatoms. The zero-order chi connectivity index (χ0) is 32.7. The maximum Gasteiger partial charge on any atom is 0.314 e. The molecule has 1 spiro atoms. The van der Waals surface area contributed by atoms with Gasteiger partial charge in [0.2, 0.25) is 6.29 Å². The molecule has 0 radical (unpaired) electrons. The molecule has 0 aromatic carbocycles. The number of carbonyl (C=O) groups is 1. The summed E-state index contributed by atoms with van der Waals surface area (Å²) >= 11 is 0. The molecule has 6 rings (SSSR count). The number of carbonyl (C=O) groups excluding carboxylic acids is 1. The largest absolute Gasteiger partial charge is 0.432 e. The van der Waals surface area contributed by atoms with Crippen molar-refractivity contribution in [3.63, 3.8) is 0 Å². The van der Waals surface area contributed by atoms with E-state index in [0.29, 0.717) is 25.7 Å². The van der Waals surface area contributed by atoms with E-state index in [9.17, 15) is 45.6 Å². The van der Waals surface area contributed by atoms with Crippen LogP contribution in [0.2, 0.25) is 0 Å². The molecule has 45 heavy (non-hydrogen) atoms. The average molecular weight is 643 g/mol. The van der Waals surface area contributed by atoms with Crippen molar-refractivity contribution in [3.8, 4) is 0 Å². The number of esters is 1. The molecule has 6 fully saturated rings. The topological polar surface area (TPSA) is 216 Å². The third-order valence-corrected chi connectivity index (χ3v) is 12.9. The van der Waals surface area contributed by atoms with Gasteiger partial charge in [-0.3, -0.25) is 4.79 Å². The van der Waals surface area contributed by atoms with Gasteiger partial charge in [-0.1, -0.05) is 19.9 Å². The van der Waals surface area contributed by atoms with Crippen LogP contribution in [-0.4, -0.2) is 127 Å². The highest BCUT2D eigenvalue weighted by atomic mass is 16.7. The predicted molar refractivity (Wildman–Crippen MR) is 154 cm³/mol. The molecule has 0 amide bonds. The zero-order valence-corrected chi connectivity index (χ0v) is 26.0. The van der Waals surface area contributed by atoms with E-state index in [2.05, 4.69) is 13.5 Å². The van der Waals surface area contributed by atoms with Crippen molar-refractivity contribution < 1.29 is 64.6 Å². The summed E-state index contributed by atoms with van der Waals surface area (Å²) < 4.78 is 23.4. The Morgan fingerprint density at radius 2 is 1.38 bits per heavy atom. The second-order valence-corrected chi connectivity index (χ2v) is 15.2. The van der Waals surface area contributed by atoms with Gasteiger partial charge in [-0.25, -0.2) is 0 Å². The van der Waals surface area contributed by atoms with Gasteiger partial charge in [0, 0.05) is 0 Å². The van der Waals surface area contributed by atoms with E-state index in [1.807, 2.05) is 6.92 Å². The van der Waals surface area contributed by atoms with Gasteiger partial charge in [-0.2, -0.15) is 0 Å². The summed E-state index contributed by atoms with van der Waals surface area (Å²) in [5.74, 6) is -0.348. The second kappa shape index (κ2) is 11.7. The first-order valence-electron chi connectivity index (χ1n) is 16.3. The minimum absolute atomic E-state index is 0.0421. The molecule has 6 aliphatic rings. The Morgan fingerprint density at radius 1 is 0.800 bits per heavy atom. The highest BCUT2D eigenvalue weighted by Crippen LogP contribution is 2.73. The molecule has 13 nitrogen and oxygen atoms in total. The summed E-state index contributed by atoms with van der Waals surface area (Å²) in [5, 5.41) is 81.4. The molecule has 4 saturated carbocycles. The summed E-state index contributed by atoms with van der Waals surface area (Å²) in [6, 6.07) is 0. The quantitative estimate of drug-likeness (QED) is 0.102. The Bertz CT molecular complexity index is 1150. The lowest BCUT2D eigenvalue weighted by Gasteiger charge is -2.64. The third-order valence-electron chi connectivity index (χ3n) is 12.9. The maximum atomic E-state index is 13.9. The van der Waals surface area contributed by atoms with Crippen LogP contribution >= 0.6 is 0 Å². The van der Waals surface area contributed by atoms with Gasteiger partial charge in [-0.15, -0.1) is 0 Å². The standard InChI is InChI=1S/C32H50O13/c1-15-11-31-9-5-18-29(2,7-4-8-30(18,3)28(41)44-26-24(39)22(37)20(35)16(12-33)42-26)19(31)6-10-32(15,14-31)45-27-25(40)23(38)21(36)17(13-34)43-27/h16-27,33-40H,1,4-14H2,2-3H3/t16?,17-,18+,19+,20-,21?,22+,23?,24?,25-,26+,27+,29-,30-,31-,32+/m1/s1. The lowest BCUT2D eigenvalue weighted by Crippen LogP contribution is -2.63. The van der Waals surface area contributed by atoms with Gasteiger partial charge in [0.05, 0.1) is 24.2 Å². The fourth-order valence-electron chi connectivity index (χ4n) is 10.5. The zero-order valence-electron chi connectivity index (χ0n) is 26.0. The van der Waals surface area contributed by atoms with Crippen LogP contribution in [0.3, 0.4) is 0 Å². The summed E-state index contributed by atoms with van der Waals surface area (Å²) in [5.41, 5.74) is -1.20. The Kier molecular flexibility index (Phi) is 8.77. The molecule has 0 aromatic rings. The van der Waals surface area contributed by atoms with E-state index in [1.165, 1.54) is 0 Å². The number of aliphatic hydroxyl groups excluding tert-OH is 8. The van der Waals surface area contributed by atoms with Crippen LogP contribution in [0, 0.1) is 28.1 Å².